The van der Waals surface area contributed by atoms with Crippen LogP contribution in [0.1, 0.15) is 40.4 Å². The second-order valence-corrected chi connectivity index (χ2v) is 11.8. The summed E-state index contributed by atoms with van der Waals surface area (Å²) < 4.78 is 5.59. The molecule has 0 aromatic heterocycles. The summed E-state index contributed by atoms with van der Waals surface area (Å²) in [5.41, 5.74) is 4.54. The van der Waals surface area contributed by atoms with Gasteiger partial charge in [0.15, 0.2) is 34.7 Å². The van der Waals surface area contributed by atoms with Crippen LogP contribution in [0.5, 0.6) is 11.5 Å². The number of carbonyl (C=O) groups is 5. The summed E-state index contributed by atoms with van der Waals surface area (Å²) in [5.74, 6) is -10.7. The van der Waals surface area contributed by atoms with E-state index in [1.54, 1.807) is 30.3 Å². The minimum Gasteiger partial charge on any atom is -0.507 e. The number of nitrogens with two attached hydrogens (primary N) is 1. The lowest BCUT2D eigenvalue weighted by molar-refractivity contribution is -0.181. The number of carbonyl (C=O) groups excluding carboxylic acids is 5. The van der Waals surface area contributed by atoms with E-state index in [1.165, 1.54) is 32.2 Å². The fraction of sp³-hybridized carbons (Fsp3) is 0.406. The standard InChI is InChI=1S/C32H34N2O9/c1-5-6-20(35)14-7-10-22(43-4)17(11-14)16-8-9-21(36)24-18(16)12-15-13-19-26(34(2)3)28(38)25(31(33)41)30(40)32(19,42)29(39)23(15)27(24)37/h5,7-11,15,19-20,23,25-26,35-36,42H,1,6,12-13H2,2-4H3,(H2,33,41). The number of nitrogens with zero attached hydrogens (tertiary/aromatic N) is 1. The maximum Gasteiger partial charge on any atom is 0.235 e. The van der Waals surface area contributed by atoms with Crippen molar-refractivity contribution in [1.29, 1.82) is 0 Å². The average molecular weight is 591 g/mol. The molecule has 3 aliphatic rings. The van der Waals surface area contributed by atoms with E-state index in [2.05, 4.69) is 6.58 Å². The van der Waals surface area contributed by atoms with Crippen LogP contribution in [0.4, 0.5) is 0 Å². The number of aliphatic hydroxyl groups is 2. The summed E-state index contributed by atoms with van der Waals surface area (Å²) in [5, 5.41) is 33.2. The summed E-state index contributed by atoms with van der Waals surface area (Å²) in [6.07, 6.45) is 1.08. The predicted octanol–water partition coefficient (Wildman–Crippen LogP) is 1.15. The molecule has 2 aromatic carbocycles. The summed E-state index contributed by atoms with van der Waals surface area (Å²) >= 11 is 0. The molecule has 0 bridgehead atoms. The highest BCUT2D eigenvalue weighted by atomic mass is 16.5. The Kier molecular flexibility index (Phi) is 7.62. The van der Waals surface area contributed by atoms with Gasteiger partial charge in [0.2, 0.25) is 5.91 Å². The van der Waals surface area contributed by atoms with Gasteiger partial charge in [-0.15, -0.1) is 6.58 Å². The summed E-state index contributed by atoms with van der Waals surface area (Å²) in [6.45, 7) is 3.67. The van der Waals surface area contributed by atoms with Crippen LogP contribution in [-0.2, 0) is 25.6 Å². The molecular weight excluding hydrogens is 556 g/mol. The van der Waals surface area contributed by atoms with E-state index in [1.807, 2.05) is 0 Å². The van der Waals surface area contributed by atoms with Crippen molar-refractivity contribution in [2.24, 2.45) is 29.4 Å². The number of phenols is 1. The normalized spacial score (nSPS) is 29.0. The van der Waals surface area contributed by atoms with Gasteiger partial charge in [0.1, 0.15) is 11.5 Å². The van der Waals surface area contributed by atoms with Crippen molar-refractivity contribution in [3.63, 3.8) is 0 Å². The maximum atomic E-state index is 14.0. The van der Waals surface area contributed by atoms with Crippen molar-refractivity contribution in [2.45, 2.75) is 37.0 Å². The first-order chi connectivity index (χ1) is 20.3. The largest absolute Gasteiger partial charge is 0.507 e. The fourth-order valence-electron chi connectivity index (χ4n) is 7.29. The van der Waals surface area contributed by atoms with Crippen LogP contribution >= 0.6 is 0 Å². The van der Waals surface area contributed by atoms with Gasteiger partial charge in [-0.2, -0.15) is 0 Å². The quantitative estimate of drug-likeness (QED) is 0.269. The van der Waals surface area contributed by atoms with Crippen LogP contribution in [0.2, 0.25) is 0 Å². The van der Waals surface area contributed by atoms with Crippen molar-refractivity contribution in [3.8, 4) is 22.6 Å². The van der Waals surface area contributed by atoms with Gasteiger partial charge in [-0.25, -0.2) is 0 Å². The Bertz CT molecular complexity index is 1580. The molecule has 0 aliphatic heterocycles. The molecule has 0 heterocycles. The molecule has 7 atom stereocenters. The number of ketones is 4. The van der Waals surface area contributed by atoms with Gasteiger partial charge in [0.25, 0.3) is 0 Å². The van der Waals surface area contributed by atoms with Crippen molar-refractivity contribution >= 4 is 29.0 Å². The zero-order chi connectivity index (χ0) is 31.5. The molecule has 43 heavy (non-hydrogen) atoms. The van der Waals surface area contributed by atoms with E-state index in [0.717, 1.165) is 0 Å². The van der Waals surface area contributed by atoms with Crippen LogP contribution < -0.4 is 10.5 Å². The Hall–Kier alpha value is -4.19. The minimum atomic E-state index is -2.79. The van der Waals surface area contributed by atoms with E-state index >= 15 is 0 Å². The predicted molar refractivity (Wildman–Crippen MR) is 153 cm³/mol. The Labute approximate surface area is 247 Å². The molecule has 11 heteroatoms. The number of aliphatic hydroxyl groups excluding tert-OH is 1. The number of fused-ring (bicyclic) bond motifs is 3. The van der Waals surface area contributed by atoms with Gasteiger partial charge in [-0.1, -0.05) is 18.2 Å². The zero-order valence-corrected chi connectivity index (χ0v) is 24.1. The summed E-state index contributed by atoms with van der Waals surface area (Å²) in [6, 6.07) is 6.88. The Balaban J connectivity index is 1.66. The van der Waals surface area contributed by atoms with Gasteiger partial charge in [0, 0.05) is 11.5 Å². The molecule has 0 spiro atoms. The van der Waals surface area contributed by atoms with Gasteiger partial charge in [-0.05, 0) is 74.2 Å². The van der Waals surface area contributed by atoms with Crippen molar-refractivity contribution in [3.05, 3.63) is 59.7 Å². The van der Waals surface area contributed by atoms with E-state index in [0.29, 0.717) is 34.4 Å². The third-order valence-corrected chi connectivity index (χ3v) is 9.23. The molecule has 2 fully saturated rings. The first-order valence-electron chi connectivity index (χ1n) is 14.0. The third-order valence-electron chi connectivity index (χ3n) is 9.23. The number of primary amides is 1. The zero-order valence-electron chi connectivity index (χ0n) is 24.1. The summed E-state index contributed by atoms with van der Waals surface area (Å²) in [4.78, 5) is 68.4. The van der Waals surface area contributed by atoms with Crippen LogP contribution in [0.25, 0.3) is 11.1 Å². The van der Waals surface area contributed by atoms with Crippen molar-refractivity contribution in [1.82, 2.24) is 4.90 Å². The second kappa shape index (κ2) is 10.8. The average Bonchev–Trinajstić information content (AvgIpc) is 2.94. The number of aromatic hydroxyl groups is 1. The molecule has 0 saturated heterocycles. The smallest absolute Gasteiger partial charge is 0.235 e. The SMILES string of the molecule is C=CCC(O)c1ccc(OC)c(-c2ccc(O)c3c2CC2CC4C(N(C)C)C(=O)C(C(N)=O)C(=O)C4(O)C(=O)C2C3=O)c1. The second-order valence-electron chi connectivity index (χ2n) is 11.8. The van der Waals surface area contributed by atoms with Gasteiger partial charge >= 0.3 is 0 Å². The molecule has 2 aromatic rings. The highest BCUT2D eigenvalue weighted by Crippen LogP contribution is 2.52. The molecule has 11 nitrogen and oxygen atoms in total. The number of rotatable bonds is 7. The minimum absolute atomic E-state index is 0.0613. The Morgan fingerprint density at radius 2 is 1.86 bits per heavy atom. The molecule has 2 saturated carbocycles. The maximum absolute atomic E-state index is 14.0. The molecule has 5 rings (SSSR count). The monoisotopic (exact) mass is 590 g/mol. The first kappa shape index (κ1) is 30.3. The van der Waals surface area contributed by atoms with Crippen molar-refractivity contribution < 1.29 is 44.0 Å². The molecule has 226 valence electrons. The van der Waals surface area contributed by atoms with Crippen LogP contribution in [0.15, 0.2) is 43.0 Å². The van der Waals surface area contributed by atoms with Crippen LogP contribution in [-0.4, -0.2) is 82.1 Å². The number of likely N-dealkylation sites (N-methyl/N-ethyl adjacent to an activating group) is 1. The topological polar surface area (TPSA) is 185 Å². The lowest BCUT2D eigenvalue weighted by atomic mass is 9.52. The van der Waals surface area contributed by atoms with E-state index < -0.39 is 70.5 Å². The number of ether oxygens (including phenoxy) is 1. The van der Waals surface area contributed by atoms with Gasteiger partial charge in [0.05, 0.1) is 30.7 Å². The number of amides is 1. The highest BCUT2D eigenvalue weighted by Gasteiger charge is 2.69. The molecule has 1 amide bonds. The van der Waals surface area contributed by atoms with E-state index in [-0.39, 0.29) is 24.2 Å². The Morgan fingerprint density at radius 3 is 2.47 bits per heavy atom. The van der Waals surface area contributed by atoms with E-state index in [4.69, 9.17) is 10.5 Å². The number of hydrogen-bond acceptors (Lipinski definition) is 10. The van der Waals surface area contributed by atoms with E-state index in [9.17, 15) is 39.3 Å². The van der Waals surface area contributed by atoms with Gasteiger partial charge in [-0.3, -0.25) is 28.9 Å². The fourth-order valence-corrected chi connectivity index (χ4v) is 7.29. The van der Waals surface area contributed by atoms with Gasteiger partial charge < -0.3 is 25.8 Å². The molecule has 5 N–H and O–H groups in total. The lowest BCUT2D eigenvalue weighted by Gasteiger charge is -2.52. The molecule has 7 unspecified atom stereocenters. The molecule has 0 radical (unpaired) electrons. The summed E-state index contributed by atoms with van der Waals surface area (Å²) in [7, 11) is 4.54. The number of benzene rings is 2. The number of phenolic OH excluding ortho intramolecular Hbond substituents is 1. The first-order valence-corrected chi connectivity index (χ1v) is 14.0. The number of methoxy groups -OCH3 is 1. The molecular formula is C32H34N2O9. The third kappa shape index (κ3) is 4.41. The Morgan fingerprint density at radius 1 is 1.16 bits per heavy atom. The van der Waals surface area contributed by atoms with Crippen molar-refractivity contribution in [2.75, 3.05) is 21.2 Å². The highest BCUT2D eigenvalue weighted by molar-refractivity contribution is 6.32. The van der Waals surface area contributed by atoms with Crippen LogP contribution in [0.3, 0.4) is 0 Å². The molecule has 3 aliphatic carbocycles. The lowest BCUT2D eigenvalue weighted by Crippen LogP contribution is -2.74. The number of Topliss-reactive ketones (excluding diaryl/α,β-unsaturated/α-hetero) is 4. The number of hydrogen-bond donors (Lipinski definition) is 4. The van der Waals surface area contributed by atoms with Crippen LogP contribution in [0, 0.1) is 23.7 Å².